The Morgan fingerprint density at radius 1 is 1.26 bits per heavy atom. The number of aromatic nitrogens is 6. The molecule has 0 aliphatic carbocycles. The van der Waals surface area contributed by atoms with Crippen molar-refractivity contribution in [2.75, 3.05) is 6.61 Å². The highest BCUT2D eigenvalue weighted by atomic mass is 32.2. The van der Waals surface area contributed by atoms with Crippen LogP contribution in [0, 0.1) is 6.92 Å². The topological polar surface area (TPSA) is 125 Å². The number of aromatic amines is 1. The summed E-state index contributed by atoms with van der Waals surface area (Å²) in [6, 6.07) is 9.68. The van der Waals surface area contributed by atoms with Gasteiger partial charge in [-0.2, -0.15) is 0 Å². The van der Waals surface area contributed by atoms with Crippen LogP contribution in [0.3, 0.4) is 0 Å². The summed E-state index contributed by atoms with van der Waals surface area (Å²) >= 11 is 1.35. The first kappa shape index (κ1) is 19.8. The fraction of sp³-hybridized carbons (Fsp3) is 0.350. The van der Waals surface area contributed by atoms with Gasteiger partial charge in [0, 0.05) is 12.2 Å². The molecule has 1 aliphatic rings. The molecule has 0 radical (unpaired) electrons. The maximum atomic E-state index is 12.1. The van der Waals surface area contributed by atoms with Crippen LogP contribution in [-0.4, -0.2) is 42.8 Å². The number of thioether (sulfide) groups is 1. The second kappa shape index (κ2) is 8.52. The van der Waals surface area contributed by atoms with Crippen LogP contribution in [0.5, 0.6) is 0 Å². The maximum absolute atomic E-state index is 12.1. The number of rotatable bonds is 7. The molecule has 160 valence electrons. The normalized spacial score (nSPS) is 16.2. The smallest absolute Gasteiger partial charge is 0.344 e. The van der Waals surface area contributed by atoms with Crippen molar-refractivity contribution in [2.24, 2.45) is 0 Å². The second-order valence-corrected chi connectivity index (χ2v) is 8.12. The van der Waals surface area contributed by atoms with E-state index in [-0.39, 0.29) is 11.8 Å². The minimum atomic E-state index is -0.253. The fourth-order valence-electron chi connectivity index (χ4n) is 3.52. The second-order valence-electron chi connectivity index (χ2n) is 7.17. The van der Waals surface area contributed by atoms with E-state index in [1.807, 2.05) is 30.3 Å². The fourth-order valence-corrected chi connectivity index (χ4v) is 4.32. The summed E-state index contributed by atoms with van der Waals surface area (Å²) in [6.07, 6.45) is 1.99. The van der Waals surface area contributed by atoms with E-state index in [0.717, 1.165) is 25.0 Å². The minimum Gasteiger partial charge on any atom is -0.420 e. The SMILES string of the molecule is Cc1onc(-c2ccccc2)c1-c1nnc(CSc2n[nH]c(=O)n2CC2CCCO2)o1. The van der Waals surface area contributed by atoms with Gasteiger partial charge < -0.3 is 13.7 Å². The summed E-state index contributed by atoms with van der Waals surface area (Å²) in [5.74, 6) is 1.72. The van der Waals surface area contributed by atoms with Gasteiger partial charge >= 0.3 is 5.69 Å². The third-order valence-electron chi connectivity index (χ3n) is 5.05. The van der Waals surface area contributed by atoms with E-state index in [1.54, 1.807) is 11.5 Å². The van der Waals surface area contributed by atoms with Crippen LogP contribution in [0.1, 0.15) is 24.5 Å². The van der Waals surface area contributed by atoms with Gasteiger partial charge in [0.15, 0.2) is 5.16 Å². The summed E-state index contributed by atoms with van der Waals surface area (Å²) in [7, 11) is 0. The van der Waals surface area contributed by atoms with Gasteiger partial charge in [-0.05, 0) is 19.8 Å². The first-order valence-electron chi connectivity index (χ1n) is 9.93. The molecule has 0 bridgehead atoms. The van der Waals surface area contributed by atoms with Gasteiger partial charge in [0.2, 0.25) is 5.89 Å². The number of nitrogens with zero attached hydrogens (tertiary/aromatic N) is 5. The monoisotopic (exact) mass is 440 g/mol. The van der Waals surface area contributed by atoms with Gasteiger partial charge in [-0.3, -0.25) is 4.57 Å². The molecule has 4 heterocycles. The van der Waals surface area contributed by atoms with Crippen molar-refractivity contribution in [3.63, 3.8) is 0 Å². The van der Waals surface area contributed by atoms with Crippen molar-refractivity contribution in [1.82, 2.24) is 30.1 Å². The Labute approximate surface area is 181 Å². The van der Waals surface area contributed by atoms with Crippen LogP contribution in [0.4, 0.5) is 0 Å². The Balaban J connectivity index is 1.33. The zero-order valence-electron chi connectivity index (χ0n) is 16.8. The van der Waals surface area contributed by atoms with Crippen LogP contribution in [0.25, 0.3) is 22.7 Å². The van der Waals surface area contributed by atoms with E-state index in [1.165, 1.54) is 11.8 Å². The molecular weight excluding hydrogens is 420 g/mol. The van der Waals surface area contributed by atoms with Crippen molar-refractivity contribution in [2.45, 2.75) is 43.3 Å². The molecular formula is C20H20N6O4S. The van der Waals surface area contributed by atoms with Crippen molar-refractivity contribution in [1.29, 1.82) is 0 Å². The van der Waals surface area contributed by atoms with Crippen molar-refractivity contribution in [3.05, 3.63) is 52.5 Å². The summed E-state index contributed by atoms with van der Waals surface area (Å²) in [5, 5.41) is 19.7. The van der Waals surface area contributed by atoms with Crippen LogP contribution >= 0.6 is 11.8 Å². The molecule has 3 aromatic heterocycles. The van der Waals surface area contributed by atoms with Crippen LogP contribution < -0.4 is 5.69 Å². The first-order valence-corrected chi connectivity index (χ1v) is 10.9. The van der Waals surface area contributed by atoms with E-state index in [4.69, 9.17) is 13.7 Å². The number of benzene rings is 1. The quantitative estimate of drug-likeness (QED) is 0.432. The van der Waals surface area contributed by atoms with Gasteiger partial charge in [0.25, 0.3) is 5.89 Å². The molecule has 11 heteroatoms. The summed E-state index contributed by atoms with van der Waals surface area (Å²) < 4.78 is 18.5. The highest BCUT2D eigenvalue weighted by molar-refractivity contribution is 7.98. The van der Waals surface area contributed by atoms with Crippen LogP contribution in [0.2, 0.25) is 0 Å². The molecule has 0 saturated carbocycles. The van der Waals surface area contributed by atoms with E-state index >= 15 is 0 Å². The molecule has 1 saturated heterocycles. The Bertz CT molecular complexity index is 1220. The highest BCUT2D eigenvalue weighted by Crippen LogP contribution is 2.34. The Morgan fingerprint density at radius 2 is 2.13 bits per heavy atom. The van der Waals surface area contributed by atoms with Crippen molar-refractivity contribution in [3.8, 4) is 22.7 Å². The standard InChI is InChI=1S/C20H20N6O4S/c1-12-16(17(25-30-12)13-6-3-2-4-7-13)18-22-21-15(29-18)11-31-20-24-23-19(27)26(20)10-14-8-5-9-28-14/h2-4,6-7,14H,5,8-11H2,1H3,(H,23,27). The number of H-pyrrole nitrogens is 1. The molecule has 0 amide bonds. The highest BCUT2D eigenvalue weighted by Gasteiger charge is 2.23. The molecule has 5 rings (SSSR count). The number of hydrogen-bond acceptors (Lipinski definition) is 9. The summed E-state index contributed by atoms with van der Waals surface area (Å²) in [4.78, 5) is 12.1. The van der Waals surface area contributed by atoms with E-state index < -0.39 is 0 Å². The molecule has 31 heavy (non-hydrogen) atoms. The zero-order valence-corrected chi connectivity index (χ0v) is 17.6. The third kappa shape index (κ3) is 4.06. The number of hydrogen-bond donors (Lipinski definition) is 1. The Kier molecular flexibility index (Phi) is 5.43. The van der Waals surface area contributed by atoms with Gasteiger partial charge in [-0.1, -0.05) is 47.3 Å². The van der Waals surface area contributed by atoms with Gasteiger partial charge in [-0.15, -0.1) is 15.3 Å². The van der Waals surface area contributed by atoms with Crippen molar-refractivity contribution >= 4 is 11.8 Å². The zero-order chi connectivity index (χ0) is 21.2. The lowest BCUT2D eigenvalue weighted by molar-refractivity contribution is 0.0941. The summed E-state index contributed by atoms with van der Waals surface area (Å²) in [5.41, 5.74) is 1.97. The van der Waals surface area contributed by atoms with Gasteiger partial charge in [0.1, 0.15) is 17.0 Å². The maximum Gasteiger partial charge on any atom is 0.344 e. The lowest BCUT2D eigenvalue weighted by atomic mass is 10.1. The number of ether oxygens (including phenoxy) is 1. The summed E-state index contributed by atoms with van der Waals surface area (Å²) in [6.45, 7) is 3.02. The van der Waals surface area contributed by atoms with Gasteiger partial charge in [-0.25, -0.2) is 9.89 Å². The number of aryl methyl sites for hydroxylation is 1. The average Bonchev–Trinajstić information content (AvgIpc) is 3.57. The molecule has 0 spiro atoms. The molecule has 1 aromatic carbocycles. The Morgan fingerprint density at radius 3 is 2.94 bits per heavy atom. The third-order valence-corrected chi connectivity index (χ3v) is 6.01. The molecule has 10 nitrogen and oxygen atoms in total. The van der Waals surface area contributed by atoms with E-state index in [9.17, 15) is 4.79 Å². The van der Waals surface area contributed by atoms with Crippen LogP contribution in [-0.2, 0) is 17.0 Å². The molecule has 4 aromatic rings. The predicted molar refractivity (Wildman–Crippen MR) is 111 cm³/mol. The van der Waals surface area contributed by atoms with Crippen LogP contribution in [0.15, 0.2) is 49.2 Å². The van der Waals surface area contributed by atoms with Gasteiger partial charge in [0.05, 0.1) is 18.4 Å². The molecule has 1 unspecified atom stereocenters. The Hall–Kier alpha value is -3.18. The lowest BCUT2D eigenvalue weighted by Gasteiger charge is -2.10. The number of nitrogens with one attached hydrogen (secondary N) is 1. The average molecular weight is 440 g/mol. The predicted octanol–water partition coefficient (Wildman–Crippen LogP) is 3.06. The lowest BCUT2D eigenvalue weighted by Crippen LogP contribution is -2.24. The van der Waals surface area contributed by atoms with E-state index in [2.05, 4.69) is 25.6 Å². The molecule has 1 atom stereocenters. The first-order chi connectivity index (χ1) is 15.2. The molecule has 1 fully saturated rings. The van der Waals surface area contributed by atoms with E-state index in [0.29, 0.717) is 46.3 Å². The largest absolute Gasteiger partial charge is 0.420 e. The molecule has 1 N–H and O–H groups in total. The van der Waals surface area contributed by atoms with Crippen molar-refractivity contribution < 1.29 is 13.7 Å². The minimum absolute atomic E-state index is 0.0395. The molecule has 1 aliphatic heterocycles.